The predicted molar refractivity (Wildman–Crippen MR) is 224 cm³/mol. The van der Waals surface area contributed by atoms with Crippen LogP contribution in [0.2, 0.25) is 0 Å². The maximum absolute atomic E-state index is 12.6. The molecular formula is C44H85O9P. The molecule has 0 amide bonds. The number of hydrogen-bond acceptors (Lipinski definition) is 8. The minimum atomic E-state index is -4.52. The monoisotopic (exact) mass is 789 g/mol. The number of esters is 1. The average molecular weight is 789 g/mol. The normalized spacial score (nSPS) is 14.2. The smallest absolute Gasteiger partial charge is 0.457 e. The van der Waals surface area contributed by atoms with Gasteiger partial charge in [0.15, 0.2) is 0 Å². The number of ether oxygens (including phenoxy) is 2. The SMILES string of the molecule is CCCCCC/C=C\C/C=C\CCCCCCCCOCC(COP(=O)(O)OCC(O)CO)OC(=O)CCCCCCCCCCCCCCCCCC. The number of rotatable bonds is 43. The summed E-state index contributed by atoms with van der Waals surface area (Å²) in [6.45, 7) is 3.51. The zero-order valence-electron chi connectivity index (χ0n) is 35.0. The molecular weight excluding hydrogens is 703 g/mol. The number of carbonyl (C=O) groups excluding carboxylic acids is 1. The van der Waals surface area contributed by atoms with Crippen LogP contribution in [0.1, 0.15) is 206 Å². The first-order valence-corrected chi connectivity index (χ1v) is 23.8. The van der Waals surface area contributed by atoms with E-state index in [0.29, 0.717) is 6.61 Å². The van der Waals surface area contributed by atoms with Crippen molar-refractivity contribution in [1.82, 2.24) is 0 Å². The Labute approximate surface area is 332 Å². The first kappa shape index (κ1) is 52.9. The van der Waals surface area contributed by atoms with Crippen LogP contribution in [0.4, 0.5) is 0 Å². The summed E-state index contributed by atoms with van der Waals surface area (Å²) in [5.74, 6) is -0.383. The van der Waals surface area contributed by atoms with Gasteiger partial charge in [0.2, 0.25) is 0 Å². The molecule has 0 aromatic heterocycles. The van der Waals surface area contributed by atoms with E-state index in [4.69, 9.17) is 23.6 Å². The van der Waals surface area contributed by atoms with Gasteiger partial charge in [0.1, 0.15) is 12.2 Å². The third-order valence-electron chi connectivity index (χ3n) is 9.64. The lowest BCUT2D eigenvalue weighted by atomic mass is 10.0. The van der Waals surface area contributed by atoms with Gasteiger partial charge < -0.3 is 24.6 Å². The van der Waals surface area contributed by atoms with Crippen LogP contribution in [-0.4, -0.2) is 66.3 Å². The Morgan fingerprint density at radius 1 is 0.574 bits per heavy atom. The number of carbonyl (C=O) groups is 1. The highest BCUT2D eigenvalue weighted by molar-refractivity contribution is 7.47. The number of hydrogen-bond donors (Lipinski definition) is 3. The molecule has 0 rings (SSSR count). The Balaban J connectivity index is 4.16. The molecule has 0 heterocycles. The molecule has 3 unspecified atom stereocenters. The minimum Gasteiger partial charge on any atom is -0.457 e. The molecule has 0 aromatic rings. The largest absolute Gasteiger partial charge is 0.472 e. The summed E-state index contributed by atoms with van der Waals surface area (Å²) in [7, 11) is -4.52. The van der Waals surface area contributed by atoms with Crippen molar-refractivity contribution in [2.24, 2.45) is 0 Å². The molecule has 9 nitrogen and oxygen atoms in total. The van der Waals surface area contributed by atoms with Gasteiger partial charge in [-0.1, -0.05) is 179 Å². The van der Waals surface area contributed by atoms with E-state index in [1.165, 1.54) is 135 Å². The Bertz CT molecular complexity index is 897. The molecule has 0 saturated carbocycles. The number of unbranched alkanes of at least 4 members (excludes halogenated alkanes) is 25. The molecule has 54 heavy (non-hydrogen) atoms. The van der Waals surface area contributed by atoms with Gasteiger partial charge in [-0.05, 0) is 44.9 Å². The highest BCUT2D eigenvalue weighted by atomic mass is 31.2. The van der Waals surface area contributed by atoms with Gasteiger partial charge in [0.05, 0.1) is 26.4 Å². The molecule has 0 saturated heterocycles. The van der Waals surface area contributed by atoms with Crippen molar-refractivity contribution in [3.05, 3.63) is 24.3 Å². The van der Waals surface area contributed by atoms with E-state index in [0.717, 1.165) is 51.4 Å². The lowest BCUT2D eigenvalue weighted by molar-refractivity contribution is -0.154. The van der Waals surface area contributed by atoms with Crippen LogP contribution in [0.3, 0.4) is 0 Å². The average Bonchev–Trinajstić information content (AvgIpc) is 3.16. The van der Waals surface area contributed by atoms with Crippen LogP contribution in [-0.2, 0) is 27.9 Å². The molecule has 0 fully saturated rings. The van der Waals surface area contributed by atoms with Crippen LogP contribution in [0.25, 0.3) is 0 Å². The number of aliphatic hydroxyl groups is 2. The topological polar surface area (TPSA) is 132 Å². The van der Waals surface area contributed by atoms with E-state index in [2.05, 4.69) is 38.2 Å². The van der Waals surface area contributed by atoms with Crippen molar-refractivity contribution in [1.29, 1.82) is 0 Å². The van der Waals surface area contributed by atoms with Crippen LogP contribution in [0.5, 0.6) is 0 Å². The van der Waals surface area contributed by atoms with Crippen molar-refractivity contribution < 1.29 is 43.0 Å². The number of allylic oxidation sites excluding steroid dienone is 4. The fourth-order valence-corrected chi connectivity index (χ4v) is 7.00. The Morgan fingerprint density at radius 2 is 1.00 bits per heavy atom. The first-order chi connectivity index (χ1) is 26.3. The molecule has 0 radical (unpaired) electrons. The summed E-state index contributed by atoms with van der Waals surface area (Å²) in [5.41, 5.74) is 0. The third-order valence-corrected chi connectivity index (χ3v) is 10.6. The van der Waals surface area contributed by atoms with E-state index in [1.54, 1.807) is 0 Å². The molecule has 0 bridgehead atoms. The molecule has 0 spiro atoms. The lowest BCUT2D eigenvalue weighted by Gasteiger charge is -2.20. The summed E-state index contributed by atoms with van der Waals surface area (Å²) < 4.78 is 33.4. The lowest BCUT2D eigenvalue weighted by Crippen LogP contribution is -2.29. The molecule has 320 valence electrons. The second-order valence-electron chi connectivity index (χ2n) is 15.1. The van der Waals surface area contributed by atoms with E-state index >= 15 is 0 Å². The molecule has 3 N–H and O–H groups in total. The van der Waals surface area contributed by atoms with Crippen molar-refractivity contribution in [3.63, 3.8) is 0 Å². The highest BCUT2D eigenvalue weighted by Gasteiger charge is 2.26. The summed E-state index contributed by atoms with van der Waals surface area (Å²) >= 11 is 0. The fourth-order valence-electron chi connectivity index (χ4n) is 6.21. The standard InChI is InChI=1S/C44H85O9P/c1-3-5-7-9-11-13-15-17-19-21-23-25-27-29-31-33-35-37-50-40-43(41-52-54(48,49)51-39-42(46)38-45)53-44(47)36-34-32-30-28-26-24-22-20-18-16-14-12-10-8-6-4-2/h13,15,19,21,42-43,45-46H,3-12,14,16-18,20,22-41H2,1-2H3,(H,48,49)/b15-13-,21-19-. The van der Waals surface area contributed by atoms with Crippen LogP contribution >= 0.6 is 7.82 Å². The third kappa shape index (κ3) is 40.6. The molecule has 0 aliphatic rings. The second-order valence-corrected chi connectivity index (χ2v) is 16.5. The summed E-state index contributed by atoms with van der Waals surface area (Å²) in [5, 5.41) is 18.3. The number of phosphoric acid groups is 1. The Morgan fingerprint density at radius 3 is 1.50 bits per heavy atom. The zero-order valence-corrected chi connectivity index (χ0v) is 35.8. The summed E-state index contributed by atoms with van der Waals surface area (Å²) in [6, 6.07) is 0. The number of aliphatic hydroxyl groups excluding tert-OH is 2. The van der Waals surface area contributed by atoms with Crippen molar-refractivity contribution >= 4 is 13.8 Å². The van der Waals surface area contributed by atoms with E-state index in [-0.39, 0.29) is 25.6 Å². The van der Waals surface area contributed by atoms with Gasteiger partial charge in [-0.3, -0.25) is 13.8 Å². The van der Waals surface area contributed by atoms with E-state index < -0.39 is 33.2 Å². The highest BCUT2D eigenvalue weighted by Crippen LogP contribution is 2.43. The maximum Gasteiger partial charge on any atom is 0.472 e. The van der Waals surface area contributed by atoms with Gasteiger partial charge >= 0.3 is 13.8 Å². The molecule has 0 aromatic carbocycles. The second kappa shape index (κ2) is 41.6. The van der Waals surface area contributed by atoms with Gasteiger partial charge in [-0.2, -0.15) is 0 Å². The zero-order chi connectivity index (χ0) is 39.6. The Kier molecular flexibility index (Phi) is 40.8. The molecule has 0 aliphatic carbocycles. The van der Waals surface area contributed by atoms with Crippen molar-refractivity contribution in [2.75, 3.05) is 33.0 Å². The van der Waals surface area contributed by atoms with Crippen LogP contribution in [0.15, 0.2) is 24.3 Å². The fraction of sp³-hybridized carbons (Fsp3) is 0.886. The molecule has 3 atom stereocenters. The molecule has 0 aliphatic heterocycles. The van der Waals surface area contributed by atoms with Crippen LogP contribution < -0.4 is 0 Å². The van der Waals surface area contributed by atoms with E-state index in [1.807, 2.05) is 0 Å². The number of phosphoric ester groups is 1. The van der Waals surface area contributed by atoms with Crippen molar-refractivity contribution in [2.45, 2.75) is 219 Å². The first-order valence-electron chi connectivity index (χ1n) is 22.3. The van der Waals surface area contributed by atoms with Crippen LogP contribution in [0, 0.1) is 0 Å². The maximum atomic E-state index is 12.6. The van der Waals surface area contributed by atoms with E-state index in [9.17, 15) is 19.4 Å². The summed E-state index contributed by atoms with van der Waals surface area (Å²) in [6.07, 6.45) is 42.7. The van der Waals surface area contributed by atoms with Gasteiger partial charge in [-0.25, -0.2) is 4.57 Å². The molecule has 10 heteroatoms. The predicted octanol–water partition coefficient (Wildman–Crippen LogP) is 12.3. The van der Waals surface area contributed by atoms with Gasteiger partial charge in [-0.15, -0.1) is 0 Å². The van der Waals surface area contributed by atoms with Gasteiger partial charge in [0, 0.05) is 13.0 Å². The quantitative estimate of drug-likeness (QED) is 0.0239. The summed E-state index contributed by atoms with van der Waals surface area (Å²) in [4.78, 5) is 22.6. The van der Waals surface area contributed by atoms with Gasteiger partial charge in [0.25, 0.3) is 0 Å². The van der Waals surface area contributed by atoms with Crippen molar-refractivity contribution in [3.8, 4) is 0 Å². The minimum absolute atomic E-state index is 0.0460. The Hall–Kier alpha value is -1.06.